The summed E-state index contributed by atoms with van der Waals surface area (Å²) < 4.78 is 0. The van der Waals surface area contributed by atoms with Crippen LogP contribution in [0.1, 0.15) is 12.5 Å². The Bertz CT molecular complexity index is 837. The van der Waals surface area contributed by atoms with Gasteiger partial charge in [-0.3, -0.25) is 9.78 Å². The Morgan fingerprint density at radius 2 is 1.76 bits per heavy atom. The number of hydrogen-bond donors (Lipinski definition) is 3. The van der Waals surface area contributed by atoms with E-state index >= 15 is 0 Å². The molecule has 8 nitrogen and oxygen atoms in total. The molecule has 0 atom stereocenters. The molecule has 2 aromatic heterocycles. The Morgan fingerprint density at radius 3 is 2.48 bits per heavy atom. The fraction of sp³-hybridized carbons (Fsp3) is 0.118. The van der Waals surface area contributed by atoms with Crippen molar-refractivity contribution in [1.82, 2.24) is 20.2 Å². The quantitative estimate of drug-likeness (QED) is 0.636. The second kappa shape index (κ2) is 7.82. The van der Waals surface area contributed by atoms with Gasteiger partial charge in [-0.25, -0.2) is 0 Å². The number of benzene rings is 1. The summed E-state index contributed by atoms with van der Waals surface area (Å²) in [5.41, 5.74) is 2.61. The second-order valence-corrected chi connectivity index (χ2v) is 5.26. The molecule has 3 aromatic rings. The lowest BCUT2D eigenvalue weighted by atomic mass is 10.3. The van der Waals surface area contributed by atoms with Crippen LogP contribution < -0.4 is 16.0 Å². The van der Waals surface area contributed by atoms with Crippen LogP contribution in [0.4, 0.5) is 23.1 Å². The summed E-state index contributed by atoms with van der Waals surface area (Å²) in [6, 6.07) is 11.1. The Labute approximate surface area is 144 Å². The summed E-state index contributed by atoms with van der Waals surface area (Å²) >= 11 is 0. The average molecular weight is 335 g/mol. The Balaban J connectivity index is 1.62. The van der Waals surface area contributed by atoms with Crippen molar-refractivity contribution in [2.45, 2.75) is 13.5 Å². The molecule has 1 aromatic carbocycles. The molecule has 0 aliphatic heterocycles. The maximum atomic E-state index is 11.0. The monoisotopic (exact) mass is 335 g/mol. The maximum Gasteiger partial charge on any atom is 0.249 e. The smallest absolute Gasteiger partial charge is 0.249 e. The molecule has 2 heterocycles. The van der Waals surface area contributed by atoms with E-state index in [1.165, 1.54) is 6.92 Å². The van der Waals surface area contributed by atoms with Crippen molar-refractivity contribution in [2.75, 3.05) is 16.0 Å². The SMILES string of the molecule is CC(=O)Nc1ccc(Nc2nncc(NCc3ccncc3)n2)cc1. The van der Waals surface area contributed by atoms with E-state index in [9.17, 15) is 4.79 Å². The fourth-order valence-corrected chi connectivity index (χ4v) is 2.10. The van der Waals surface area contributed by atoms with Crippen LogP contribution in [0.25, 0.3) is 0 Å². The lowest BCUT2D eigenvalue weighted by Gasteiger charge is -2.08. The first-order chi connectivity index (χ1) is 12.2. The normalized spacial score (nSPS) is 10.1. The van der Waals surface area contributed by atoms with Gasteiger partial charge in [-0.1, -0.05) is 0 Å². The molecule has 3 N–H and O–H groups in total. The molecule has 0 aliphatic carbocycles. The van der Waals surface area contributed by atoms with Crippen LogP contribution in [0.2, 0.25) is 0 Å². The Kier molecular flexibility index (Phi) is 5.10. The van der Waals surface area contributed by atoms with Crippen molar-refractivity contribution in [3.05, 3.63) is 60.6 Å². The van der Waals surface area contributed by atoms with Crippen molar-refractivity contribution in [3.8, 4) is 0 Å². The number of rotatable bonds is 6. The number of hydrogen-bond acceptors (Lipinski definition) is 7. The van der Waals surface area contributed by atoms with E-state index in [0.29, 0.717) is 18.3 Å². The van der Waals surface area contributed by atoms with E-state index in [0.717, 1.165) is 16.9 Å². The summed E-state index contributed by atoms with van der Waals surface area (Å²) in [6.45, 7) is 2.09. The zero-order valence-corrected chi connectivity index (χ0v) is 13.6. The second-order valence-electron chi connectivity index (χ2n) is 5.26. The first-order valence-electron chi connectivity index (χ1n) is 7.66. The molecular formula is C17H17N7O. The third-order valence-corrected chi connectivity index (χ3v) is 3.24. The molecule has 0 saturated heterocycles. The minimum absolute atomic E-state index is 0.110. The van der Waals surface area contributed by atoms with Gasteiger partial charge in [-0.15, -0.1) is 5.10 Å². The number of aromatic nitrogens is 4. The number of nitrogens with one attached hydrogen (secondary N) is 3. The first kappa shape index (κ1) is 16.3. The van der Waals surface area contributed by atoms with Gasteiger partial charge in [0.25, 0.3) is 0 Å². The molecule has 1 amide bonds. The minimum atomic E-state index is -0.110. The standard InChI is InChI=1S/C17H17N7O/c1-12(25)21-14-2-4-15(5-3-14)22-17-23-16(11-20-24-17)19-10-13-6-8-18-9-7-13/h2-9,11H,10H2,1H3,(H,21,25)(H2,19,22,23,24). The van der Waals surface area contributed by atoms with Crippen LogP contribution in [0.5, 0.6) is 0 Å². The van der Waals surface area contributed by atoms with E-state index < -0.39 is 0 Å². The average Bonchev–Trinajstić information content (AvgIpc) is 2.62. The largest absolute Gasteiger partial charge is 0.365 e. The Morgan fingerprint density at radius 1 is 1.04 bits per heavy atom. The zero-order chi connectivity index (χ0) is 17.5. The maximum absolute atomic E-state index is 11.0. The van der Waals surface area contributed by atoms with Crippen LogP contribution in [0.15, 0.2) is 55.0 Å². The highest BCUT2D eigenvalue weighted by Crippen LogP contribution is 2.17. The topological polar surface area (TPSA) is 105 Å². The molecule has 0 spiro atoms. The highest BCUT2D eigenvalue weighted by molar-refractivity contribution is 5.88. The summed E-state index contributed by atoms with van der Waals surface area (Å²) in [6.07, 6.45) is 5.05. The number of pyridine rings is 1. The summed E-state index contributed by atoms with van der Waals surface area (Å²) in [4.78, 5) is 19.4. The molecule has 0 aliphatic rings. The number of carbonyl (C=O) groups is 1. The first-order valence-corrected chi connectivity index (χ1v) is 7.66. The lowest BCUT2D eigenvalue weighted by Crippen LogP contribution is -2.06. The van der Waals surface area contributed by atoms with Crippen LogP contribution in [-0.4, -0.2) is 26.1 Å². The van der Waals surface area contributed by atoms with Crippen LogP contribution in [0, 0.1) is 0 Å². The molecule has 3 rings (SSSR count). The highest BCUT2D eigenvalue weighted by Gasteiger charge is 2.02. The van der Waals surface area contributed by atoms with Gasteiger partial charge in [0.15, 0.2) is 5.82 Å². The van der Waals surface area contributed by atoms with Crippen molar-refractivity contribution in [3.63, 3.8) is 0 Å². The number of anilines is 4. The van der Waals surface area contributed by atoms with Gasteiger partial charge in [0.05, 0.1) is 6.20 Å². The molecule has 0 unspecified atom stereocenters. The fourth-order valence-electron chi connectivity index (χ4n) is 2.10. The van der Waals surface area contributed by atoms with Crippen LogP contribution in [0.3, 0.4) is 0 Å². The minimum Gasteiger partial charge on any atom is -0.365 e. The predicted molar refractivity (Wildman–Crippen MR) is 95.4 cm³/mol. The van der Waals surface area contributed by atoms with Gasteiger partial charge in [0.2, 0.25) is 11.9 Å². The number of carbonyl (C=O) groups excluding carboxylic acids is 1. The molecule has 126 valence electrons. The van der Waals surface area contributed by atoms with Gasteiger partial charge in [-0.05, 0) is 42.0 Å². The molecule has 0 radical (unpaired) electrons. The molecule has 0 bridgehead atoms. The van der Waals surface area contributed by atoms with Crippen LogP contribution >= 0.6 is 0 Å². The van der Waals surface area contributed by atoms with E-state index in [4.69, 9.17) is 0 Å². The van der Waals surface area contributed by atoms with E-state index in [1.54, 1.807) is 30.7 Å². The van der Waals surface area contributed by atoms with Crippen molar-refractivity contribution in [1.29, 1.82) is 0 Å². The summed E-state index contributed by atoms with van der Waals surface area (Å²) in [7, 11) is 0. The molecule has 0 saturated carbocycles. The number of nitrogens with zero attached hydrogens (tertiary/aromatic N) is 4. The third-order valence-electron chi connectivity index (χ3n) is 3.24. The number of amides is 1. The molecular weight excluding hydrogens is 318 g/mol. The Hall–Kier alpha value is -3.55. The van der Waals surface area contributed by atoms with Gasteiger partial charge in [-0.2, -0.15) is 10.1 Å². The van der Waals surface area contributed by atoms with E-state index in [-0.39, 0.29) is 5.91 Å². The molecule has 25 heavy (non-hydrogen) atoms. The molecule has 0 fully saturated rings. The lowest BCUT2D eigenvalue weighted by molar-refractivity contribution is -0.114. The summed E-state index contributed by atoms with van der Waals surface area (Å²) in [5, 5.41) is 16.9. The van der Waals surface area contributed by atoms with Gasteiger partial charge in [0, 0.05) is 37.2 Å². The molecule has 8 heteroatoms. The van der Waals surface area contributed by atoms with Crippen molar-refractivity contribution in [2.24, 2.45) is 0 Å². The van der Waals surface area contributed by atoms with Gasteiger partial charge >= 0.3 is 0 Å². The van der Waals surface area contributed by atoms with Gasteiger partial charge in [0.1, 0.15) is 0 Å². The third kappa shape index (κ3) is 4.96. The van der Waals surface area contributed by atoms with Crippen LogP contribution in [-0.2, 0) is 11.3 Å². The van der Waals surface area contributed by atoms with E-state index in [1.807, 2.05) is 24.3 Å². The van der Waals surface area contributed by atoms with Gasteiger partial charge < -0.3 is 16.0 Å². The van der Waals surface area contributed by atoms with Crippen molar-refractivity contribution >= 4 is 29.0 Å². The van der Waals surface area contributed by atoms with Crippen molar-refractivity contribution < 1.29 is 4.79 Å². The zero-order valence-electron chi connectivity index (χ0n) is 13.6. The predicted octanol–water partition coefficient (Wildman–Crippen LogP) is 2.58. The highest BCUT2D eigenvalue weighted by atomic mass is 16.1. The van der Waals surface area contributed by atoms with E-state index in [2.05, 4.69) is 36.1 Å². The summed E-state index contributed by atoms with van der Waals surface area (Å²) in [5.74, 6) is 0.886.